The normalized spacial score (nSPS) is 22.9. The van der Waals surface area contributed by atoms with Gasteiger partial charge in [-0.05, 0) is 67.3 Å². The predicted molar refractivity (Wildman–Crippen MR) is 137 cm³/mol. The number of hydrogen-bond acceptors (Lipinski definition) is 4. The molecular weight excluding hydrogens is 464 g/mol. The van der Waals surface area contributed by atoms with Crippen molar-refractivity contribution < 1.29 is 19.1 Å². The molecule has 0 radical (unpaired) electrons. The molecule has 0 bridgehead atoms. The lowest BCUT2D eigenvalue weighted by atomic mass is 9.85. The second-order valence-electron chi connectivity index (χ2n) is 9.65. The Bertz CT molecular complexity index is 1050. The minimum atomic E-state index is -0.749. The van der Waals surface area contributed by atoms with E-state index in [1.165, 1.54) is 0 Å². The number of hydrogen-bond donors (Lipinski definition) is 0. The molecule has 2 aromatic carbocycles. The molecule has 2 aliphatic rings. The lowest BCUT2D eigenvalue weighted by molar-refractivity contribution is -0.160. The number of halogens is 1. The average molecular weight is 499 g/mol. The third-order valence-electron chi connectivity index (χ3n) is 7.14. The lowest BCUT2D eigenvalue weighted by Crippen LogP contribution is -2.58. The number of piperazine rings is 1. The minimum Gasteiger partial charge on any atom is -0.493 e. The van der Waals surface area contributed by atoms with E-state index >= 15 is 0 Å². The summed E-state index contributed by atoms with van der Waals surface area (Å²) in [4.78, 5) is 31.0. The molecule has 188 valence electrons. The lowest BCUT2D eigenvalue weighted by Gasteiger charge is -2.45. The van der Waals surface area contributed by atoms with Crippen LogP contribution in [0.1, 0.15) is 63.1 Å². The Balaban J connectivity index is 1.70. The molecular formula is C28H35ClN2O4. The maximum absolute atomic E-state index is 14.0. The smallest absolute Gasteiger partial charge is 0.250 e. The van der Waals surface area contributed by atoms with Crippen LogP contribution in [0.5, 0.6) is 11.5 Å². The fraction of sp³-hybridized carbons (Fsp3) is 0.500. The molecule has 0 N–H and O–H groups in total. The van der Waals surface area contributed by atoms with Crippen LogP contribution in [0.25, 0.3) is 0 Å². The molecule has 2 fully saturated rings. The van der Waals surface area contributed by atoms with Gasteiger partial charge in [-0.15, -0.1) is 0 Å². The summed E-state index contributed by atoms with van der Waals surface area (Å²) < 4.78 is 11.4. The van der Waals surface area contributed by atoms with Crippen LogP contribution in [0, 0.1) is 5.92 Å². The largest absolute Gasteiger partial charge is 0.493 e. The summed E-state index contributed by atoms with van der Waals surface area (Å²) in [6.07, 6.45) is 4.90. The van der Waals surface area contributed by atoms with Crippen LogP contribution in [0.15, 0.2) is 42.5 Å². The molecule has 7 heteroatoms. The SMILES string of the molecule is CCCOc1ccc(C2C(=O)N(C3CCC(C)CC3)CC(=O)N2Cc2ccccc2Cl)cc1OC. The number of amides is 2. The van der Waals surface area contributed by atoms with Crippen LogP contribution in [-0.2, 0) is 16.1 Å². The van der Waals surface area contributed by atoms with Crippen LogP contribution >= 0.6 is 11.6 Å². The van der Waals surface area contributed by atoms with E-state index in [0.29, 0.717) is 34.6 Å². The monoisotopic (exact) mass is 498 g/mol. The highest BCUT2D eigenvalue weighted by Gasteiger charge is 2.43. The van der Waals surface area contributed by atoms with Gasteiger partial charge >= 0.3 is 0 Å². The van der Waals surface area contributed by atoms with Gasteiger partial charge in [-0.25, -0.2) is 0 Å². The van der Waals surface area contributed by atoms with Gasteiger partial charge < -0.3 is 19.3 Å². The van der Waals surface area contributed by atoms with Crippen molar-refractivity contribution in [2.75, 3.05) is 20.3 Å². The second kappa shape index (κ2) is 11.3. The number of carbonyl (C=O) groups excluding carboxylic acids is 2. The molecule has 1 aliphatic heterocycles. The van der Waals surface area contributed by atoms with Crippen LogP contribution in [0.2, 0.25) is 5.02 Å². The highest BCUT2D eigenvalue weighted by molar-refractivity contribution is 6.31. The summed E-state index contributed by atoms with van der Waals surface area (Å²) in [5.41, 5.74) is 1.53. The Hall–Kier alpha value is -2.73. The predicted octanol–water partition coefficient (Wildman–Crippen LogP) is 5.63. The van der Waals surface area contributed by atoms with Crippen molar-refractivity contribution in [1.82, 2.24) is 9.80 Å². The Kier molecular flexibility index (Phi) is 8.22. The second-order valence-corrected chi connectivity index (χ2v) is 10.1. The highest BCUT2D eigenvalue weighted by Crippen LogP contribution is 2.38. The van der Waals surface area contributed by atoms with Gasteiger partial charge in [0.05, 0.1) is 13.7 Å². The molecule has 4 rings (SSSR count). The first-order valence-electron chi connectivity index (χ1n) is 12.6. The molecule has 1 heterocycles. The molecule has 2 aromatic rings. The van der Waals surface area contributed by atoms with Gasteiger partial charge in [-0.2, -0.15) is 0 Å². The van der Waals surface area contributed by atoms with E-state index in [4.69, 9.17) is 21.1 Å². The number of methoxy groups -OCH3 is 1. The zero-order valence-electron chi connectivity index (χ0n) is 20.8. The quantitative estimate of drug-likeness (QED) is 0.473. The van der Waals surface area contributed by atoms with Gasteiger partial charge in [-0.1, -0.05) is 49.7 Å². The highest BCUT2D eigenvalue weighted by atomic mass is 35.5. The van der Waals surface area contributed by atoms with Crippen LogP contribution in [0.4, 0.5) is 0 Å². The maximum atomic E-state index is 14.0. The van der Waals surface area contributed by atoms with Crippen LogP contribution in [-0.4, -0.2) is 47.9 Å². The topological polar surface area (TPSA) is 59.1 Å². The van der Waals surface area contributed by atoms with Gasteiger partial charge in [0.15, 0.2) is 11.5 Å². The van der Waals surface area contributed by atoms with Crippen LogP contribution < -0.4 is 9.47 Å². The first-order valence-corrected chi connectivity index (χ1v) is 12.9. The van der Waals surface area contributed by atoms with E-state index in [1.807, 2.05) is 48.2 Å². The third-order valence-corrected chi connectivity index (χ3v) is 7.51. The molecule has 0 aromatic heterocycles. The van der Waals surface area contributed by atoms with Gasteiger partial charge in [0, 0.05) is 17.6 Å². The molecule has 1 unspecified atom stereocenters. The van der Waals surface area contributed by atoms with Crippen molar-refractivity contribution in [2.45, 2.75) is 64.6 Å². The summed E-state index contributed by atoms with van der Waals surface area (Å²) in [5, 5.41) is 0.580. The van der Waals surface area contributed by atoms with Crippen molar-refractivity contribution >= 4 is 23.4 Å². The number of nitrogens with zero attached hydrogens (tertiary/aromatic N) is 2. The number of benzene rings is 2. The van der Waals surface area contributed by atoms with Crippen molar-refractivity contribution in [3.63, 3.8) is 0 Å². The third kappa shape index (κ3) is 5.58. The fourth-order valence-corrected chi connectivity index (χ4v) is 5.31. The van der Waals surface area contributed by atoms with E-state index in [9.17, 15) is 9.59 Å². The van der Waals surface area contributed by atoms with Gasteiger partial charge in [0.2, 0.25) is 5.91 Å². The standard InChI is InChI=1S/C28H35ClN2O4/c1-4-15-35-24-14-11-20(16-25(24)34-3)27-28(33)30(22-12-9-19(2)10-13-22)18-26(32)31(27)17-21-7-5-6-8-23(21)29/h5-8,11,14,16,19,22,27H,4,9-10,12-13,15,17-18H2,1-3H3. The molecule has 6 nitrogen and oxygen atoms in total. The zero-order valence-corrected chi connectivity index (χ0v) is 21.6. The molecule has 35 heavy (non-hydrogen) atoms. The minimum absolute atomic E-state index is 0.0412. The summed E-state index contributed by atoms with van der Waals surface area (Å²) in [6.45, 7) is 5.24. The fourth-order valence-electron chi connectivity index (χ4n) is 5.11. The molecule has 1 saturated carbocycles. The summed E-state index contributed by atoms with van der Waals surface area (Å²) >= 11 is 6.43. The van der Waals surface area contributed by atoms with E-state index < -0.39 is 6.04 Å². The Labute approximate surface area is 213 Å². The average Bonchev–Trinajstić information content (AvgIpc) is 2.86. The van der Waals surface area contributed by atoms with Crippen molar-refractivity contribution in [3.05, 3.63) is 58.6 Å². The number of ether oxygens (including phenoxy) is 2. The molecule has 1 aliphatic carbocycles. The molecule has 1 atom stereocenters. The summed E-state index contributed by atoms with van der Waals surface area (Å²) in [6, 6.07) is 12.3. The van der Waals surface area contributed by atoms with E-state index in [1.54, 1.807) is 18.1 Å². The Morgan fingerprint density at radius 2 is 1.77 bits per heavy atom. The zero-order chi connectivity index (χ0) is 24.9. The summed E-state index contributed by atoms with van der Waals surface area (Å²) in [7, 11) is 1.59. The van der Waals surface area contributed by atoms with Gasteiger partial charge in [0.25, 0.3) is 5.91 Å². The number of carbonyl (C=O) groups is 2. The van der Waals surface area contributed by atoms with E-state index in [-0.39, 0.29) is 30.9 Å². The Morgan fingerprint density at radius 1 is 1.03 bits per heavy atom. The van der Waals surface area contributed by atoms with Gasteiger partial charge in [-0.3, -0.25) is 9.59 Å². The van der Waals surface area contributed by atoms with Crippen molar-refractivity contribution in [1.29, 1.82) is 0 Å². The molecule has 2 amide bonds. The summed E-state index contributed by atoms with van der Waals surface area (Å²) in [5.74, 6) is 1.73. The van der Waals surface area contributed by atoms with E-state index in [0.717, 1.165) is 37.7 Å². The van der Waals surface area contributed by atoms with Crippen LogP contribution in [0.3, 0.4) is 0 Å². The molecule has 1 saturated heterocycles. The Morgan fingerprint density at radius 3 is 2.46 bits per heavy atom. The van der Waals surface area contributed by atoms with Crippen molar-refractivity contribution in [2.24, 2.45) is 5.92 Å². The van der Waals surface area contributed by atoms with E-state index in [2.05, 4.69) is 6.92 Å². The first kappa shape index (κ1) is 25.4. The maximum Gasteiger partial charge on any atom is 0.250 e. The molecule has 0 spiro atoms. The number of rotatable bonds is 8. The van der Waals surface area contributed by atoms with Crippen molar-refractivity contribution in [3.8, 4) is 11.5 Å². The first-order chi connectivity index (χ1) is 16.9. The van der Waals surface area contributed by atoms with Gasteiger partial charge in [0.1, 0.15) is 12.6 Å².